The van der Waals surface area contributed by atoms with Crippen LogP contribution in [0.4, 0.5) is 0 Å². The fraction of sp³-hybridized carbons (Fsp3) is 0.875. The van der Waals surface area contributed by atoms with Gasteiger partial charge in [0.05, 0.1) is 0 Å². The van der Waals surface area contributed by atoms with E-state index in [-0.39, 0.29) is 0 Å². The Morgan fingerprint density at radius 3 is 1.65 bits per heavy atom. The highest BCUT2D eigenvalue weighted by atomic mass is 14.8. The first kappa shape index (κ1) is 16.5. The van der Waals surface area contributed by atoms with E-state index in [0.717, 1.165) is 0 Å². The average molecular weight is 239 g/mol. The maximum atomic E-state index is 3.03. The number of unbranched alkanes of at least 4 members (excludes halogenated alkanes) is 11. The molecule has 0 heterocycles. The summed E-state index contributed by atoms with van der Waals surface area (Å²) in [6.45, 7) is 2.28. The number of allylic oxidation sites excluding steroid dienone is 1. The van der Waals surface area contributed by atoms with Crippen LogP contribution in [0.15, 0.2) is 12.3 Å². The Morgan fingerprint density at radius 2 is 1.18 bits per heavy atom. The van der Waals surface area contributed by atoms with Crippen molar-refractivity contribution >= 4 is 0 Å². The van der Waals surface area contributed by atoms with Gasteiger partial charge in [0.2, 0.25) is 0 Å². The molecule has 0 atom stereocenters. The average Bonchev–Trinajstić information content (AvgIpc) is 2.35. The van der Waals surface area contributed by atoms with E-state index in [1.807, 2.05) is 13.2 Å². The first-order valence-electron chi connectivity index (χ1n) is 7.74. The van der Waals surface area contributed by atoms with Crippen LogP contribution < -0.4 is 5.32 Å². The molecule has 0 bridgehead atoms. The smallest absolute Gasteiger partial charge is 0.00276 e. The molecule has 0 saturated heterocycles. The van der Waals surface area contributed by atoms with Crippen LogP contribution in [-0.4, -0.2) is 7.05 Å². The van der Waals surface area contributed by atoms with E-state index in [0.29, 0.717) is 0 Å². The summed E-state index contributed by atoms with van der Waals surface area (Å²) in [5.41, 5.74) is 0. The molecular weight excluding hydrogens is 206 g/mol. The third kappa shape index (κ3) is 15.5. The minimum atomic E-state index is 1.23. The maximum absolute atomic E-state index is 3.03. The monoisotopic (exact) mass is 239 g/mol. The van der Waals surface area contributed by atoms with Gasteiger partial charge in [0, 0.05) is 7.05 Å². The van der Waals surface area contributed by atoms with E-state index < -0.39 is 0 Å². The van der Waals surface area contributed by atoms with Gasteiger partial charge in [-0.3, -0.25) is 0 Å². The van der Waals surface area contributed by atoms with Gasteiger partial charge < -0.3 is 5.32 Å². The predicted molar refractivity (Wildman–Crippen MR) is 79.3 cm³/mol. The van der Waals surface area contributed by atoms with Gasteiger partial charge in [-0.05, 0) is 19.0 Å². The largest absolute Gasteiger partial charge is 0.394 e. The Labute approximate surface area is 109 Å². The van der Waals surface area contributed by atoms with Crippen molar-refractivity contribution in [2.45, 2.75) is 84.0 Å². The summed E-state index contributed by atoms with van der Waals surface area (Å²) < 4.78 is 0. The summed E-state index contributed by atoms with van der Waals surface area (Å²) >= 11 is 0. The van der Waals surface area contributed by atoms with Gasteiger partial charge in [-0.1, -0.05) is 77.2 Å². The van der Waals surface area contributed by atoms with E-state index in [4.69, 9.17) is 0 Å². The van der Waals surface area contributed by atoms with Crippen molar-refractivity contribution in [3.05, 3.63) is 12.3 Å². The van der Waals surface area contributed by atoms with Crippen LogP contribution in [-0.2, 0) is 0 Å². The van der Waals surface area contributed by atoms with Crippen molar-refractivity contribution < 1.29 is 0 Å². The summed E-state index contributed by atoms with van der Waals surface area (Å²) in [6.07, 6.45) is 21.2. The second kappa shape index (κ2) is 15.5. The minimum Gasteiger partial charge on any atom is -0.394 e. The van der Waals surface area contributed by atoms with Crippen LogP contribution in [0, 0.1) is 0 Å². The summed E-state index contributed by atoms with van der Waals surface area (Å²) in [5, 5.41) is 3.03. The molecule has 0 rings (SSSR count). The van der Waals surface area contributed by atoms with Gasteiger partial charge in [-0.2, -0.15) is 0 Å². The van der Waals surface area contributed by atoms with Crippen molar-refractivity contribution in [3.63, 3.8) is 0 Å². The van der Waals surface area contributed by atoms with E-state index in [9.17, 15) is 0 Å². The fourth-order valence-corrected chi connectivity index (χ4v) is 2.13. The van der Waals surface area contributed by atoms with Gasteiger partial charge in [-0.15, -0.1) is 0 Å². The number of hydrogen-bond donors (Lipinski definition) is 1. The molecule has 0 aromatic carbocycles. The first-order chi connectivity index (χ1) is 8.41. The molecule has 0 radical (unpaired) electrons. The lowest BCUT2D eigenvalue weighted by Crippen LogP contribution is -1.90. The molecule has 0 saturated carbocycles. The summed E-state index contributed by atoms with van der Waals surface area (Å²) in [6, 6.07) is 0. The third-order valence-electron chi connectivity index (χ3n) is 3.26. The summed E-state index contributed by atoms with van der Waals surface area (Å²) in [7, 11) is 1.96. The number of nitrogens with one attached hydrogen (secondary N) is 1. The van der Waals surface area contributed by atoms with Gasteiger partial charge in [0.15, 0.2) is 0 Å². The topological polar surface area (TPSA) is 12.0 Å². The Balaban J connectivity index is 2.91. The van der Waals surface area contributed by atoms with Crippen molar-refractivity contribution in [1.29, 1.82) is 0 Å². The molecule has 1 N–H and O–H groups in total. The van der Waals surface area contributed by atoms with Crippen molar-refractivity contribution in [2.24, 2.45) is 0 Å². The molecule has 0 unspecified atom stereocenters. The standard InChI is InChI=1S/C16H33N/c1-3-4-5-6-7-8-9-10-11-12-13-14-15-16-17-2/h15-17H,3-14H2,1-2H3/b16-15-. The zero-order valence-electron chi connectivity index (χ0n) is 12.1. The predicted octanol–water partition coefficient (Wildman–Crippen LogP) is 5.42. The molecule has 1 heteroatoms. The van der Waals surface area contributed by atoms with Crippen LogP contribution in [0.25, 0.3) is 0 Å². The van der Waals surface area contributed by atoms with Gasteiger partial charge in [0.25, 0.3) is 0 Å². The number of rotatable bonds is 13. The molecule has 0 aliphatic carbocycles. The zero-order chi connectivity index (χ0) is 12.6. The molecular formula is C16H33N. The molecule has 0 aliphatic rings. The quantitative estimate of drug-likeness (QED) is 0.423. The lowest BCUT2D eigenvalue weighted by Gasteiger charge is -2.01. The van der Waals surface area contributed by atoms with E-state index in [1.165, 1.54) is 77.0 Å². The highest BCUT2D eigenvalue weighted by Gasteiger charge is 1.92. The fourth-order valence-electron chi connectivity index (χ4n) is 2.13. The molecule has 0 fully saturated rings. The molecule has 17 heavy (non-hydrogen) atoms. The zero-order valence-corrected chi connectivity index (χ0v) is 12.1. The molecule has 0 aliphatic heterocycles. The lowest BCUT2D eigenvalue weighted by atomic mass is 10.1. The molecule has 0 aromatic rings. The summed E-state index contributed by atoms with van der Waals surface area (Å²) in [5.74, 6) is 0. The van der Waals surface area contributed by atoms with Crippen LogP contribution in [0.2, 0.25) is 0 Å². The molecule has 1 nitrogen and oxygen atoms in total. The third-order valence-corrected chi connectivity index (χ3v) is 3.26. The van der Waals surface area contributed by atoms with Crippen molar-refractivity contribution in [3.8, 4) is 0 Å². The minimum absolute atomic E-state index is 1.23. The van der Waals surface area contributed by atoms with E-state index in [2.05, 4.69) is 18.3 Å². The second-order valence-corrected chi connectivity index (χ2v) is 5.02. The van der Waals surface area contributed by atoms with Crippen LogP contribution >= 0.6 is 0 Å². The second-order valence-electron chi connectivity index (χ2n) is 5.02. The highest BCUT2D eigenvalue weighted by molar-refractivity contribution is 4.77. The van der Waals surface area contributed by atoms with Crippen molar-refractivity contribution in [1.82, 2.24) is 5.32 Å². The molecule has 0 amide bonds. The Morgan fingerprint density at radius 1 is 0.706 bits per heavy atom. The van der Waals surface area contributed by atoms with Gasteiger partial charge in [-0.25, -0.2) is 0 Å². The van der Waals surface area contributed by atoms with Gasteiger partial charge in [0.1, 0.15) is 0 Å². The first-order valence-corrected chi connectivity index (χ1v) is 7.74. The van der Waals surface area contributed by atoms with Crippen LogP contribution in [0.1, 0.15) is 84.0 Å². The molecule has 102 valence electrons. The highest BCUT2D eigenvalue weighted by Crippen LogP contribution is 2.11. The van der Waals surface area contributed by atoms with Crippen LogP contribution in [0.3, 0.4) is 0 Å². The van der Waals surface area contributed by atoms with Crippen LogP contribution in [0.5, 0.6) is 0 Å². The molecule has 0 spiro atoms. The SMILES string of the molecule is CCCCCCCCCCCCC/C=C\NC. The maximum Gasteiger partial charge on any atom is 0.00276 e. The van der Waals surface area contributed by atoms with E-state index >= 15 is 0 Å². The normalized spacial score (nSPS) is 11.2. The Hall–Kier alpha value is -0.460. The Kier molecular flexibility index (Phi) is 15.1. The number of hydrogen-bond acceptors (Lipinski definition) is 1. The Bertz CT molecular complexity index is 152. The molecule has 0 aromatic heterocycles. The lowest BCUT2D eigenvalue weighted by molar-refractivity contribution is 0.550. The van der Waals surface area contributed by atoms with Crippen molar-refractivity contribution in [2.75, 3.05) is 7.05 Å². The summed E-state index contributed by atoms with van der Waals surface area (Å²) in [4.78, 5) is 0. The van der Waals surface area contributed by atoms with Gasteiger partial charge >= 0.3 is 0 Å². The van der Waals surface area contributed by atoms with E-state index in [1.54, 1.807) is 0 Å².